The average molecular weight is 212 g/mol. The largest absolute Gasteiger partial charge is 0.493 e. The molecular formula is C15H16O. The van der Waals surface area contributed by atoms with E-state index >= 15 is 0 Å². The van der Waals surface area contributed by atoms with Gasteiger partial charge in [0, 0.05) is 6.08 Å². The molecule has 1 nitrogen and oxygen atoms in total. The average Bonchev–Trinajstić information content (AvgIpc) is 2.47. The SMILES string of the molecule is CC(C)COC1=CC#CC2C=CC=CC2=C1. The van der Waals surface area contributed by atoms with Gasteiger partial charge in [0.2, 0.25) is 0 Å². The molecule has 0 aromatic carbocycles. The van der Waals surface area contributed by atoms with Gasteiger partial charge in [0.05, 0.1) is 12.5 Å². The fourth-order valence-corrected chi connectivity index (χ4v) is 1.58. The Morgan fingerprint density at radius 2 is 2.25 bits per heavy atom. The third-order valence-corrected chi connectivity index (χ3v) is 2.41. The minimum absolute atomic E-state index is 0.224. The van der Waals surface area contributed by atoms with Crippen LogP contribution in [0.3, 0.4) is 0 Å². The van der Waals surface area contributed by atoms with Gasteiger partial charge >= 0.3 is 0 Å². The summed E-state index contributed by atoms with van der Waals surface area (Å²) in [6, 6.07) is 0. The van der Waals surface area contributed by atoms with E-state index in [-0.39, 0.29) is 5.92 Å². The van der Waals surface area contributed by atoms with Crippen molar-refractivity contribution < 1.29 is 4.74 Å². The second-order valence-electron chi connectivity index (χ2n) is 4.41. The topological polar surface area (TPSA) is 9.23 Å². The Bertz CT molecular complexity index is 436. The van der Waals surface area contributed by atoms with Crippen LogP contribution < -0.4 is 0 Å². The van der Waals surface area contributed by atoms with E-state index < -0.39 is 0 Å². The lowest BCUT2D eigenvalue weighted by Gasteiger charge is -2.12. The number of allylic oxidation sites excluding steroid dienone is 7. The highest BCUT2D eigenvalue weighted by Crippen LogP contribution is 2.22. The standard InChI is InChI=1S/C15H16O/c1-12(2)11-16-15-9-5-8-13-6-3-4-7-14(13)10-15/h3-4,6-7,9-10,12-13H,11H2,1-2H3. The Balaban J connectivity index is 2.12. The van der Waals surface area contributed by atoms with Crippen LogP contribution in [0.2, 0.25) is 0 Å². The maximum atomic E-state index is 5.70. The molecule has 82 valence electrons. The maximum absolute atomic E-state index is 5.70. The van der Waals surface area contributed by atoms with Gasteiger partial charge in [-0.15, -0.1) is 0 Å². The summed E-state index contributed by atoms with van der Waals surface area (Å²) in [5.41, 5.74) is 1.21. The molecule has 0 N–H and O–H groups in total. The first-order valence-electron chi connectivity index (χ1n) is 5.66. The zero-order chi connectivity index (χ0) is 11.4. The van der Waals surface area contributed by atoms with Crippen LogP contribution in [0.25, 0.3) is 0 Å². The van der Waals surface area contributed by atoms with E-state index in [1.54, 1.807) is 0 Å². The van der Waals surface area contributed by atoms with Crippen LogP contribution in [0.1, 0.15) is 13.8 Å². The van der Waals surface area contributed by atoms with Gasteiger partial charge in [-0.2, -0.15) is 0 Å². The van der Waals surface area contributed by atoms with Crippen LogP contribution in [0.5, 0.6) is 0 Å². The summed E-state index contributed by atoms with van der Waals surface area (Å²) in [5.74, 6) is 7.87. The molecule has 0 aromatic heterocycles. The zero-order valence-corrected chi connectivity index (χ0v) is 9.73. The van der Waals surface area contributed by atoms with Crippen LogP contribution in [-0.4, -0.2) is 6.61 Å². The fraction of sp³-hybridized carbons (Fsp3) is 0.333. The molecule has 0 aromatic rings. The number of rotatable bonds is 3. The van der Waals surface area contributed by atoms with Crippen molar-refractivity contribution in [3.05, 3.63) is 47.8 Å². The smallest absolute Gasteiger partial charge is 0.127 e. The highest BCUT2D eigenvalue weighted by molar-refractivity contribution is 5.46. The third-order valence-electron chi connectivity index (χ3n) is 2.41. The molecule has 0 spiro atoms. The maximum Gasteiger partial charge on any atom is 0.127 e. The van der Waals surface area contributed by atoms with Crippen LogP contribution in [0.4, 0.5) is 0 Å². The minimum atomic E-state index is 0.224. The number of hydrogen-bond donors (Lipinski definition) is 0. The molecule has 1 heteroatoms. The molecule has 2 rings (SSSR count). The molecule has 0 fully saturated rings. The first kappa shape index (κ1) is 10.8. The molecule has 0 radical (unpaired) electrons. The molecule has 0 heterocycles. The van der Waals surface area contributed by atoms with E-state index in [4.69, 9.17) is 4.74 Å². The van der Waals surface area contributed by atoms with Gasteiger partial charge in [-0.1, -0.05) is 50.0 Å². The van der Waals surface area contributed by atoms with Gasteiger partial charge in [0.25, 0.3) is 0 Å². The molecule has 1 unspecified atom stereocenters. The van der Waals surface area contributed by atoms with Crippen molar-refractivity contribution in [3.63, 3.8) is 0 Å². The Hall–Kier alpha value is -1.68. The quantitative estimate of drug-likeness (QED) is 0.653. The van der Waals surface area contributed by atoms with Gasteiger partial charge in [0.15, 0.2) is 0 Å². The summed E-state index contributed by atoms with van der Waals surface area (Å²) in [6.07, 6.45) is 12.2. The summed E-state index contributed by atoms with van der Waals surface area (Å²) >= 11 is 0. The van der Waals surface area contributed by atoms with E-state index in [1.165, 1.54) is 5.57 Å². The van der Waals surface area contributed by atoms with Crippen molar-refractivity contribution >= 4 is 0 Å². The lowest BCUT2D eigenvalue weighted by atomic mass is 9.95. The van der Waals surface area contributed by atoms with E-state index in [2.05, 4.69) is 43.9 Å². The molecule has 1 atom stereocenters. The lowest BCUT2D eigenvalue weighted by Crippen LogP contribution is -2.02. The van der Waals surface area contributed by atoms with Gasteiger partial charge in [-0.3, -0.25) is 0 Å². The normalized spacial score (nSPS) is 21.6. The van der Waals surface area contributed by atoms with Gasteiger partial charge < -0.3 is 4.74 Å². The predicted molar refractivity (Wildman–Crippen MR) is 66.5 cm³/mol. The van der Waals surface area contributed by atoms with Crippen LogP contribution in [0, 0.1) is 23.7 Å². The third kappa shape index (κ3) is 2.67. The molecular weight excluding hydrogens is 196 g/mol. The molecule has 0 aliphatic heterocycles. The monoisotopic (exact) mass is 212 g/mol. The van der Waals surface area contributed by atoms with Crippen LogP contribution in [0.15, 0.2) is 47.8 Å². The number of fused-ring (bicyclic) bond motifs is 1. The summed E-state index contributed by atoms with van der Waals surface area (Å²) in [4.78, 5) is 0. The van der Waals surface area contributed by atoms with E-state index in [1.807, 2.05) is 18.2 Å². The van der Waals surface area contributed by atoms with Crippen molar-refractivity contribution in [1.29, 1.82) is 0 Å². The number of ether oxygens (including phenoxy) is 1. The van der Waals surface area contributed by atoms with E-state index in [0.717, 1.165) is 12.4 Å². The van der Waals surface area contributed by atoms with Crippen LogP contribution in [-0.2, 0) is 4.74 Å². The molecule has 16 heavy (non-hydrogen) atoms. The second kappa shape index (κ2) is 4.90. The highest BCUT2D eigenvalue weighted by atomic mass is 16.5. The Labute approximate surface area is 97.2 Å². The molecule has 0 saturated heterocycles. The molecule has 2 aliphatic rings. The molecule has 0 amide bonds. The summed E-state index contributed by atoms with van der Waals surface area (Å²) in [6.45, 7) is 5.02. The van der Waals surface area contributed by atoms with Crippen molar-refractivity contribution in [2.24, 2.45) is 11.8 Å². The highest BCUT2D eigenvalue weighted by Gasteiger charge is 2.11. The minimum Gasteiger partial charge on any atom is -0.493 e. The summed E-state index contributed by atoms with van der Waals surface area (Å²) in [7, 11) is 0. The molecule has 2 aliphatic carbocycles. The van der Waals surface area contributed by atoms with Crippen molar-refractivity contribution in [3.8, 4) is 11.8 Å². The zero-order valence-electron chi connectivity index (χ0n) is 9.73. The summed E-state index contributed by atoms with van der Waals surface area (Å²) in [5, 5.41) is 0. The second-order valence-corrected chi connectivity index (χ2v) is 4.41. The predicted octanol–water partition coefficient (Wildman–Crippen LogP) is 3.23. The fourth-order valence-electron chi connectivity index (χ4n) is 1.58. The summed E-state index contributed by atoms with van der Waals surface area (Å²) < 4.78 is 5.70. The Morgan fingerprint density at radius 3 is 3.06 bits per heavy atom. The van der Waals surface area contributed by atoms with E-state index in [0.29, 0.717) is 5.92 Å². The van der Waals surface area contributed by atoms with Crippen molar-refractivity contribution in [1.82, 2.24) is 0 Å². The lowest BCUT2D eigenvalue weighted by molar-refractivity contribution is 0.190. The first-order chi connectivity index (χ1) is 7.75. The van der Waals surface area contributed by atoms with Gasteiger partial charge in [0.1, 0.15) is 5.76 Å². The number of hydrogen-bond acceptors (Lipinski definition) is 1. The van der Waals surface area contributed by atoms with Gasteiger partial charge in [-0.05, 0) is 17.6 Å². The van der Waals surface area contributed by atoms with E-state index in [9.17, 15) is 0 Å². The van der Waals surface area contributed by atoms with Crippen molar-refractivity contribution in [2.75, 3.05) is 6.61 Å². The van der Waals surface area contributed by atoms with Gasteiger partial charge in [-0.25, -0.2) is 0 Å². The van der Waals surface area contributed by atoms with Crippen molar-refractivity contribution in [2.45, 2.75) is 13.8 Å². The first-order valence-corrected chi connectivity index (χ1v) is 5.66. The molecule has 0 saturated carbocycles. The molecule has 0 bridgehead atoms. The Morgan fingerprint density at radius 1 is 1.38 bits per heavy atom. The van der Waals surface area contributed by atoms with Crippen LogP contribution >= 0.6 is 0 Å². The Kier molecular flexibility index (Phi) is 3.31.